The average molecular weight is 290 g/mol. The summed E-state index contributed by atoms with van der Waals surface area (Å²) >= 11 is 0. The number of nitrogens with one attached hydrogen (secondary N) is 1. The molecule has 2 aliphatic rings. The summed E-state index contributed by atoms with van der Waals surface area (Å²) in [6, 6.07) is 7.58. The van der Waals surface area contributed by atoms with Crippen LogP contribution in [-0.2, 0) is 4.79 Å². The van der Waals surface area contributed by atoms with Crippen LogP contribution >= 0.6 is 0 Å². The SMILES string of the molecule is NCC1CCCCC1NC(=O)C1COc2ccccc2O1. The monoisotopic (exact) mass is 290 g/mol. The van der Waals surface area contributed by atoms with Crippen molar-refractivity contribution >= 4 is 5.91 Å². The third-order valence-electron chi connectivity index (χ3n) is 4.34. The predicted octanol–water partition coefficient (Wildman–Crippen LogP) is 1.46. The van der Waals surface area contributed by atoms with E-state index in [1.807, 2.05) is 24.3 Å². The maximum Gasteiger partial charge on any atom is 0.264 e. The van der Waals surface area contributed by atoms with Crippen molar-refractivity contribution in [1.29, 1.82) is 0 Å². The number of hydrogen-bond donors (Lipinski definition) is 2. The Morgan fingerprint density at radius 2 is 2.00 bits per heavy atom. The molecule has 1 aromatic rings. The fourth-order valence-corrected chi connectivity index (χ4v) is 3.10. The summed E-state index contributed by atoms with van der Waals surface area (Å²) in [4.78, 5) is 12.4. The van der Waals surface area contributed by atoms with Gasteiger partial charge in [0.25, 0.3) is 5.91 Å². The third kappa shape index (κ3) is 3.13. The summed E-state index contributed by atoms with van der Waals surface area (Å²) < 4.78 is 11.3. The van der Waals surface area contributed by atoms with E-state index in [1.54, 1.807) is 0 Å². The van der Waals surface area contributed by atoms with Gasteiger partial charge in [0.05, 0.1) is 0 Å². The van der Waals surface area contributed by atoms with Crippen molar-refractivity contribution in [3.63, 3.8) is 0 Å². The number of ether oxygens (including phenoxy) is 2. The first kappa shape index (κ1) is 14.2. The maximum atomic E-state index is 12.4. The Labute approximate surface area is 124 Å². The lowest BCUT2D eigenvalue weighted by Crippen LogP contribution is -2.51. The van der Waals surface area contributed by atoms with Crippen LogP contribution < -0.4 is 20.5 Å². The Balaban J connectivity index is 1.61. The molecule has 3 atom stereocenters. The van der Waals surface area contributed by atoms with E-state index in [0.717, 1.165) is 19.3 Å². The minimum Gasteiger partial charge on any atom is -0.485 e. The lowest BCUT2D eigenvalue weighted by molar-refractivity contribution is -0.131. The summed E-state index contributed by atoms with van der Waals surface area (Å²) in [7, 11) is 0. The summed E-state index contributed by atoms with van der Waals surface area (Å²) in [6.07, 6.45) is 3.85. The topological polar surface area (TPSA) is 73.6 Å². The highest BCUT2D eigenvalue weighted by Crippen LogP contribution is 2.31. The Morgan fingerprint density at radius 3 is 2.81 bits per heavy atom. The third-order valence-corrected chi connectivity index (χ3v) is 4.34. The summed E-state index contributed by atoms with van der Waals surface area (Å²) in [6.45, 7) is 0.874. The summed E-state index contributed by atoms with van der Waals surface area (Å²) in [5.74, 6) is 1.59. The van der Waals surface area contributed by atoms with E-state index in [-0.39, 0.29) is 18.6 Å². The minimum absolute atomic E-state index is 0.102. The van der Waals surface area contributed by atoms with E-state index < -0.39 is 6.10 Å². The number of nitrogens with two attached hydrogens (primary N) is 1. The van der Waals surface area contributed by atoms with Gasteiger partial charge in [0.2, 0.25) is 6.10 Å². The van der Waals surface area contributed by atoms with Crippen LogP contribution in [-0.4, -0.2) is 31.2 Å². The van der Waals surface area contributed by atoms with Crippen molar-refractivity contribution in [2.24, 2.45) is 11.7 Å². The van der Waals surface area contributed by atoms with Crippen LogP contribution in [0.5, 0.6) is 11.5 Å². The standard InChI is InChI=1S/C16H22N2O3/c17-9-11-5-1-2-6-12(11)18-16(19)15-10-20-13-7-3-4-8-14(13)21-15/h3-4,7-8,11-12,15H,1-2,5-6,9-10,17H2,(H,18,19). The quantitative estimate of drug-likeness (QED) is 0.884. The molecule has 1 amide bonds. The first-order chi connectivity index (χ1) is 10.3. The van der Waals surface area contributed by atoms with Gasteiger partial charge in [0.15, 0.2) is 11.5 Å². The fraction of sp³-hybridized carbons (Fsp3) is 0.562. The molecule has 5 nitrogen and oxygen atoms in total. The lowest BCUT2D eigenvalue weighted by atomic mass is 9.84. The largest absolute Gasteiger partial charge is 0.485 e. The number of hydrogen-bond acceptors (Lipinski definition) is 4. The molecule has 1 fully saturated rings. The van der Waals surface area contributed by atoms with E-state index in [0.29, 0.717) is 24.0 Å². The molecular weight excluding hydrogens is 268 g/mol. The zero-order chi connectivity index (χ0) is 14.7. The number of carbonyl (C=O) groups excluding carboxylic acids is 1. The molecule has 3 unspecified atom stereocenters. The van der Waals surface area contributed by atoms with Gasteiger partial charge in [0, 0.05) is 6.04 Å². The van der Waals surface area contributed by atoms with Crippen molar-refractivity contribution in [1.82, 2.24) is 5.32 Å². The Hall–Kier alpha value is -1.75. The first-order valence-electron chi connectivity index (χ1n) is 7.67. The van der Waals surface area contributed by atoms with E-state index in [4.69, 9.17) is 15.2 Å². The van der Waals surface area contributed by atoms with E-state index >= 15 is 0 Å². The van der Waals surface area contributed by atoms with Gasteiger partial charge >= 0.3 is 0 Å². The van der Waals surface area contributed by atoms with Crippen molar-refractivity contribution in [2.45, 2.75) is 37.8 Å². The smallest absolute Gasteiger partial charge is 0.264 e. The normalized spacial score (nSPS) is 28.0. The molecule has 3 N–H and O–H groups in total. The van der Waals surface area contributed by atoms with Crippen molar-refractivity contribution in [3.05, 3.63) is 24.3 Å². The molecule has 0 radical (unpaired) electrons. The molecule has 0 aromatic heterocycles. The van der Waals surface area contributed by atoms with Crippen LogP contribution in [0.2, 0.25) is 0 Å². The van der Waals surface area contributed by atoms with Gasteiger partial charge in [-0.1, -0.05) is 25.0 Å². The number of amides is 1. The van der Waals surface area contributed by atoms with Gasteiger partial charge in [-0.3, -0.25) is 4.79 Å². The highest BCUT2D eigenvalue weighted by molar-refractivity contribution is 5.82. The van der Waals surface area contributed by atoms with Gasteiger partial charge in [-0.2, -0.15) is 0 Å². The number of rotatable bonds is 3. The predicted molar refractivity (Wildman–Crippen MR) is 79.3 cm³/mol. The Bertz CT molecular complexity index is 506. The average Bonchev–Trinajstić information content (AvgIpc) is 2.55. The summed E-state index contributed by atoms with van der Waals surface area (Å²) in [5.41, 5.74) is 5.80. The van der Waals surface area contributed by atoms with Gasteiger partial charge in [-0.15, -0.1) is 0 Å². The second kappa shape index (κ2) is 6.35. The van der Waals surface area contributed by atoms with Crippen molar-refractivity contribution in [3.8, 4) is 11.5 Å². The molecule has 0 spiro atoms. The second-order valence-corrected chi connectivity index (χ2v) is 5.76. The number of fused-ring (bicyclic) bond motifs is 1. The minimum atomic E-state index is -0.583. The number of para-hydroxylation sites is 2. The van der Waals surface area contributed by atoms with Crippen molar-refractivity contribution in [2.75, 3.05) is 13.2 Å². The van der Waals surface area contributed by atoms with Crippen LogP contribution in [0.25, 0.3) is 0 Å². The van der Waals surface area contributed by atoms with Gasteiger partial charge < -0.3 is 20.5 Å². The zero-order valence-electron chi connectivity index (χ0n) is 12.1. The zero-order valence-corrected chi connectivity index (χ0v) is 12.1. The lowest BCUT2D eigenvalue weighted by Gasteiger charge is -2.33. The van der Waals surface area contributed by atoms with E-state index in [2.05, 4.69) is 5.32 Å². The molecule has 1 aromatic carbocycles. The molecule has 114 valence electrons. The second-order valence-electron chi connectivity index (χ2n) is 5.76. The molecule has 0 saturated heterocycles. The molecular formula is C16H22N2O3. The fourth-order valence-electron chi connectivity index (χ4n) is 3.10. The van der Waals surface area contributed by atoms with E-state index in [9.17, 15) is 4.79 Å². The highest BCUT2D eigenvalue weighted by Gasteiger charge is 2.31. The molecule has 1 aliphatic heterocycles. The van der Waals surface area contributed by atoms with Crippen LogP contribution in [0.15, 0.2) is 24.3 Å². The Kier molecular flexibility index (Phi) is 4.29. The van der Waals surface area contributed by atoms with Gasteiger partial charge in [-0.05, 0) is 37.4 Å². The molecule has 1 heterocycles. The van der Waals surface area contributed by atoms with Crippen molar-refractivity contribution < 1.29 is 14.3 Å². The number of benzene rings is 1. The van der Waals surface area contributed by atoms with Gasteiger partial charge in [-0.25, -0.2) is 0 Å². The Morgan fingerprint density at radius 1 is 1.24 bits per heavy atom. The molecule has 1 aliphatic carbocycles. The first-order valence-corrected chi connectivity index (χ1v) is 7.67. The molecule has 5 heteroatoms. The van der Waals surface area contributed by atoms with Gasteiger partial charge in [0.1, 0.15) is 6.61 Å². The van der Waals surface area contributed by atoms with Crippen LogP contribution in [0, 0.1) is 5.92 Å². The molecule has 21 heavy (non-hydrogen) atoms. The maximum absolute atomic E-state index is 12.4. The molecule has 1 saturated carbocycles. The van der Waals surface area contributed by atoms with E-state index in [1.165, 1.54) is 6.42 Å². The van der Waals surface area contributed by atoms with Crippen LogP contribution in [0.3, 0.4) is 0 Å². The summed E-state index contributed by atoms with van der Waals surface area (Å²) in [5, 5.41) is 3.10. The molecule has 0 bridgehead atoms. The van der Waals surface area contributed by atoms with Crippen LogP contribution in [0.1, 0.15) is 25.7 Å². The highest BCUT2D eigenvalue weighted by atomic mass is 16.6. The van der Waals surface area contributed by atoms with Crippen LogP contribution in [0.4, 0.5) is 0 Å². The molecule has 3 rings (SSSR count). The number of carbonyl (C=O) groups is 1.